The first-order chi connectivity index (χ1) is 9.47. The molecule has 1 saturated heterocycles. The molecule has 0 aromatic heterocycles. The fourth-order valence-electron chi connectivity index (χ4n) is 3.52. The lowest BCUT2D eigenvalue weighted by Gasteiger charge is -2.50. The van der Waals surface area contributed by atoms with Gasteiger partial charge in [0, 0.05) is 18.6 Å². The number of rotatable bonds is 4. The largest absolute Gasteiger partial charge is 0.466 e. The van der Waals surface area contributed by atoms with Crippen LogP contribution in [-0.4, -0.2) is 49.3 Å². The van der Waals surface area contributed by atoms with E-state index in [1.54, 1.807) is 0 Å². The predicted octanol–water partition coefficient (Wildman–Crippen LogP) is 2.61. The van der Waals surface area contributed by atoms with Gasteiger partial charge in [0.25, 0.3) is 0 Å². The van der Waals surface area contributed by atoms with E-state index in [1.165, 1.54) is 12.8 Å². The van der Waals surface area contributed by atoms with Gasteiger partial charge in [-0.2, -0.15) is 0 Å². The van der Waals surface area contributed by atoms with Gasteiger partial charge in [0.1, 0.15) is 0 Å². The molecule has 20 heavy (non-hydrogen) atoms. The number of esters is 1. The fraction of sp³-hybridized carbons (Fsp3) is 0.938. The average molecular weight is 283 g/mol. The number of carbonyl (C=O) groups is 1. The number of morpholine rings is 1. The first-order valence-electron chi connectivity index (χ1n) is 7.96. The summed E-state index contributed by atoms with van der Waals surface area (Å²) in [5.74, 6) is -0.0429. The van der Waals surface area contributed by atoms with E-state index in [-0.39, 0.29) is 11.5 Å². The summed E-state index contributed by atoms with van der Waals surface area (Å²) in [5.41, 5.74) is 0.413. The molecule has 1 aliphatic heterocycles. The molecule has 4 nitrogen and oxygen atoms in total. The Morgan fingerprint density at radius 3 is 2.30 bits per heavy atom. The molecule has 0 unspecified atom stereocenters. The molecule has 0 aromatic carbocycles. The van der Waals surface area contributed by atoms with Gasteiger partial charge in [-0.1, -0.05) is 13.8 Å². The van der Waals surface area contributed by atoms with E-state index in [4.69, 9.17) is 9.47 Å². The number of carbonyl (C=O) groups excluding carboxylic acids is 1. The summed E-state index contributed by atoms with van der Waals surface area (Å²) in [6.07, 6.45) is 5.10. The van der Waals surface area contributed by atoms with Crippen molar-refractivity contribution in [3.63, 3.8) is 0 Å². The van der Waals surface area contributed by atoms with Crippen molar-refractivity contribution in [2.75, 3.05) is 32.9 Å². The number of hydrogen-bond donors (Lipinski definition) is 0. The molecule has 0 aromatic rings. The molecule has 116 valence electrons. The zero-order chi connectivity index (χ0) is 14.6. The van der Waals surface area contributed by atoms with Crippen LogP contribution in [0.25, 0.3) is 0 Å². The fourth-order valence-corrected chi connectivity index (χ4v) is 3.52. The molecule has 2 aliphatic rings. The van der Waals surface area contributed by atoms with E-state index in [1.807, 2.05) is 6.92 Å². The second-order valence-electron chi connectivity index (χ2n) is 6.97. The van der Waals surface area contributed by atoms with Gasteiger partial charge in [-0.3, -0.25) is 9.69 Å². The molecule has 0 atom stereocenters. The van der Waals surface area contributed by atoms with Crippen LogP contribution in [0.15, 0.2) is 0 Å². The Bertz CT molecular complexity index is 325. The minimum Gasteiger partial charge on any atom is -0.466 e. The second kappa shape index (κ2) is 6.44. The van der Waals surface area contributed by atoms with Crippen LogP contribution in [0.3, 0.4) is 0 Å². The first kappa shape index (κ1) is 15.8. The molecule has 0 spiro atoms. The van der Waals surface area contributed by atoms with Gasteiger partial charge in [0.05, 0.1) is 26.2 Å². The Hall–Kier alpha value is -0.610. The third-order valence-electron chi connectivity index (χ3n) is 4.99. The molecular formula is C16H29NO3. The molecule has 1 saturated carbocycles. The highest BCUT2D eigenvalue weighted by atomic mass is 16.5. The van der Waals surface area contributed by atoms with Crippen molar-refractivity contribution in [2.24, 2.45) is 5.41 Å². The van der Waals surface area contributed by atoms with Crippen LogP contribution in [-0.2, 0) is 14.3 Å². The van der Waals surface area contributed by atoms with E-state index in [0.29, 0.717) is 18.4 Å². The quantitative estimate of drug-likeness (QED) is 0.743. The highest BCUT2D eigenvalue weighted by Gasteiger charge is 2.44. The predicted molar refractivity (Wildman–Crippen MR) is 78.6 cm³/mol. The zero-order valence-electron chi connectivity index (χ0n) is 13.2. The maximum atomic E-state index is 12.0. The van der Waals surface area contributed by atoms with Crippen molar-refractivity contribution in [1.82, 2.24) is 4.90 Å². The van der Waals surface area contributed by atoms with Crippen molar-refractivity contribution < 1.29 is 14.3 Å². The first-order valence-corrected chi connectivity index (χ1v) is 7.96. The second-order valence-corrected chi connectivity index (χ2v) is 6.97. The molecular weight excluding hydrogens is 254 g/mol. The summed E-state index contributed by atoms with van der Waals surface area (Å²) < 4.78 is 10.7. The van der Waals surface area contributed by atoms with Gasteiger partial charge in [0.2, 0.25) is 0 Å². The number of nitrogens with zero attached hydrogens (tertiary/aromatic N) is 1. The summed E-state index contributed by atoms with van der Waals surface area (Å²) in [6, 6.07) is 0. The lowest BCUT2D eigenvalue weighted by atomic mass is 9.67. The van der Waals surface area contributed by atoms with E-state index in [0.717, 1.165) is 39.1 Å². The standard InChI is InChI=1S/C16H29NO3/c1-4-20-14(18)13-16(17-9-11-19-12-10-17)7-5-15(2,3)6-8-16/h4-13H2,1-3H3. The van der Waals surface area contributed by atoms with E-state index in [2.05, 4.69) is 18.7 Å². The molecule has 0 radical (unpaired) electrons. The Labute approximate surface area is 122 Å². The Kier molecular flexibility index (Phi) is 5.08. The molecule has 1 aliphatic carbocycles. The molecule has 0 bridgehead atoms. The van der Waals surface area contributed by atoms with Gasteiger partial charge < -0.3 is 9.47 Å². The van der Waals surface area contributed by atoms with Crippen LogP contribution in [0.1, 0.15) is 52.9 Å². The topological polar surface area (TPSA) is 38.8 Å². The summed E-state index contributed by atoms with van der Waals surface area (Å²) in [5, 5.41) is 0. The van der Waals surface area contributed by atoms with Crippen molar-refractivity contribution in [1.29, 1.82) is 0 Å². The molecule has 2 rings (SSSR count). The number of hydrogen-bond acceptors (Lipinski definition) is 4. The summed E-state index contributed by atoms with van der Waals surface area (Å²) >= 11 is 0. The number of ether oxygens (including phenoxy) is 2. The minimum absolute atomic E-state index is 0.00551. The van der Waals surface area contributed by atoms with Crippen LogP contribution in [0.5, 0.6) is 0 Å². The highest BCUT2D eigenvalue weighted by Crippen LogP contribution is 2.45. The van der Waals surface area contributed by atoms with Crippen LogP contribution in [0, 0.1) is 5.41 Å². The molecule has 4 heteroatoms. The summed E-state index contributed by atoms with van der Waals surface area (Å²) in [6.45, 7) is 10.5. The van der Waals surface area contributed by atoms with Gasteiger partial charge >= 0.3 is 5.97 Å². The van der Waals surface area contributed by atoms with Crippen molar-refractivity contribution >= 4 is 5.97 Å². The summed E-state index contributed by atoms with van der Waals surface area (Å²) in [4.78, 5) is 14.5. The van der Waals surface area contributed by atoms with E-state index in [9.17, 15) is 4.79 Å². The van der Waals surface area contributed by atoms with Crippen LogP contribution in [0.2, 0.25) is 0 Å². The van der Waals surface area contributed by atoms with E-state index >= 15 is 0 Å². The molecule has 2 fully saturated rings. The average Bonchev–Trinajstić information content (AvgIpc) is 2.43. The molecule has 1 heterocycles. The lowest BCUT2D eigenvalue weighted by Crippen LogP contribution is -2.56. The normalized spacial score (nSPS) is 26.1. The lowest BCUT2D eigenvalue weighted by molar-refractivity contribution is -0.149. The third kappa shape index (κ3) is 3.73. The van der Waals surface area contributed by atoms with Crippen molar-refractivity contribution in [3.05, 3.63) is 0 Å². The molecule has 0 N–H and O–H groups in total. The maximum Gasteiger partial charge on any atom is 0.307 e. The van der Waals surface area contributed by atoms with Crippen LogP contribution >= 0.6 is 0 Å². The van der Waals surface area contributed by atoms with Crippen LogP contribution < -0.4 is 0 Å². The maximum absolute atomic E-state index is 12.0. The SMILES string of the molecule is CCOC(=O)CC1(N2CCOCC2)CCC(C)(C)CC1. The monoisotopic (exact) mass is 283 g/mol. The zero-order valence-corrected chi connectivity index (χ0v) is 13.2. The molecule has 0 amide bonds. The summed E-state index contributed by atoms with van der Waals surface area (Å²) in [7, 11) is 0. The Morgan fingerprint density at radius 1 is 1.15 bits per heavy atom. The van der Waals surface area contributed by atoms with Crippen molar-refractivity contribution in [3.8, 4) is 0 Å². The highest BCUT2D eigenvalue weighted by molar-refractivity contribution is 5.71. The minimum atomic E-state index is -0.0429. The van der Waals surface area contributed by atoms with Gasteiger partial charge in [-0.15, -0.1) is 0 Å². The van der Waals surface area contributed by atoms with Gasteiger partial charge in [-0.05, 0) is 38.0 Å². The van der Waals surface area contributed by atoms with E-state index < -0.39 is 0 Å². The van der Waals surface area contributed by atoms with Gasteiger partial charge in [-0.25, -0.2) is 0 Å². The van der Waals surface area contributed by atoms with Crippen molar-refractivity contribution in [2.45, 2.75) is 58.4 Å². The third-order valence-corrected chi connectivity index (χ3v) is 4.99. The Balaban J connectivity index is 2.08. The van der Waals surface area contributed by atoms with Crippen LogP contribution in [0.4, 0.5) is 0 Å². The van der Waals surface area contributed by atoms with Gasteiger partial charge in [0.15, 0.2) is 0 Å². The Morgan fingerprint density at radius 2 is 1.75 bits per heavy atom. The smallest absolute Gasteiger partial charge is 0.307 e.